The molecule has 5 rings (SSSR count). The van der Waals surface area contributed by atoms with E-state index in [0.29, 0.717) is 5.56 Å². The van der Waals surface area contributed by atoms with Gasteiger partial charge in [0.1, 0.15) is 5.82 Å². The summed E-state index contributed by atoms with van der Waals surface area (Å²) in [6, 6.07) is 15.6. The molecule has 6 nitrogen and oxygen atoms in total. The molecule has 0 aliphatic carbocycles. The fraction of sp³-hybridized carbons (Fsp3) is 0.208. The Morgan fingerprint density at radius 2 is 1.87 bits per heavy atom. The van der Waals surface area contributed by atoms with E-state index in [0.717, 1.165) is 70.7 Å². The van der Waals surface area contributed by atoms with Crippen LogP contribution in [-0.2, 0) is 6.61 Å². The molecule has 1 aliphatic rings. The monoisotopic (exact) mass is 395 g/mol. The van der Waals surface area contributed by atoms with Gasteiger partial charge in [0.2, 0.25) is 0 Å². The van der Waals surface area contributed by atoms with Gasteiger partial charge in [0, 0.05) is 36.6 Å². The minimum atomic E-state index is -0.0557. The second kappa shape index (κ2) is 7.62. The van der Waals surface area contributed by atoms with Crippen LogP contribution in [0, 0.1) is 11.3 Å². The molecule has 4 aromatic rings. The topological polar surface area (TPSA) is 88.8 Å². The van der Waals surface area contributed by atoms with Crippen molar-refractivity contribution in [1.82, 2.24) is 15.0 Å². The number of aromatic amines is 1. The number of aromatic nitrogens is 3. The third kappa shape index (κ3) is 3.10. The summed E-state index contributed by atoms with van der Waals surface area (Å²) in [6.07, 6.45) is 6.01. The van der Waals surface area contributed by atoms with Crippen molar-refractivity contribution in [3.05, 3.63) is 66.0 Å². The molecule has 0 saturated carbocycles. The fourth-order valence-electron chi connectivity index (χ4n) is 4.22. The van der Waals surface area contributed by atoms with Crippen molar-refractivity contribution in [3.8, 4) is 28.6 Å². The molecule has 148 valence electrons. The second-order valence-electron chi connectivity index (χ2n) is 7.53. The van der Waals surface area contributed by atoms with Crippen molar-refractivity contribution in [2.45, 2.75) is 19.4 Å². The van der Waals surface area contributed by atoms with Crippen LogP contribution >= 0.6 is 0 Å². The SMILES string of the molecule is N#Cc1cccc(-c2cncc(-c3nc4c(CO)cccc4[nH]3)c2N2CCCC2)c1. The molecule has 3 heterocycles. The highest BCUT2D eigenvalue weighted by molar-refractivity contribution is 5.91. The van der Waals surface area contributed by atoms with Gasteiger partial charge in [-0.25, -0.2) is 4.98 Å². The molecule has 1 fully saturated rings. The number of nitrogens with one attached hydrogen (secondary N) is 1. The van der Waals surface area contributed by atoms with E-state index in [1.165, 1.54) is 0 Å². The first-order chi connectivity index (χ1) is 14.8. The highest BCUT2D eigenvalue weighted by atomic mass is 16.3. The van der Waals surface area contributed by atoms with Crippen LogP contribution in [0.15, 0.2) is 54.9 Å². The Hall–Kier alpha value is -3.69. The minimum Gasteiger partial charge on any atom is -0.392 e. The standard InChI is InChI=1S/C24H21N5O/c25-12-16-5-3-6-17(11-16)19-13-26-14-20(23(19)29-9-1-2-10-29)24-27-21-8-4-7-18(15-30)22(21)28-24/h3-8,11,13-14,30H,1-2,9-10,15H2,(H,27,28). The number of rotatable bonds is 4. The average Bonchev–Trinajstić information content (AvgIpc) is 3.48. The number of benzene rings is 2. The maximum absolute atomic E-state index is 9.68. The summed E-state index contributed by atoms with van der Waals surface area (Å²) >= 11 is 0. The number of aliphatic hydroxyl groups excluding tert-OH is 1. The number of nitriles is 1. The largest absolute Gasteiger partial charge is 0.392 e. The zero-order valence-electron chi connectivity index (χ0n) is 16.5. The highest BCUT2D eigenvalue weighted by Crippen LogP contribution is 2.40. The summed E-state index contributed by atoms with van der Waals surface area (Å²) in [6.45, 7) is 1.90. The van der Waals surface area contributed by atoms with Gasteiger partial charge in [0.15, 0.2) is 0 Å². The van der Waals surface area contributed by atoms with Crippen LogP contribution in [0.1, 0.15) is 24.0 Å². The summed E-state index contributed by atoms with van der Waals surface area (Å²) in [5.74, 6) is 0.735. The highest BCUT2D eigenvalue weighted by Gasteiger charge is 2.23. The number of pyridine rings is 1. The molecule has 30 heavy (non-hydrogen) atoms. The number of aliphatic hydroxyl groups is 1. The molecule has 0 spiro atoms. The molecule has 0 unspecified atom stereocenters. The zero-order valence-corrected chi connectivity index (χ0v) is 16.5. The lowest BCUT2D eigenvalue weighted by Gasteiger charge is -2.24. The van der Waals surface area contributed by atoms with E-state index in [4.69, 9.17) is 4.98 Å². The Morgan fingerprint density at radius 3 is 2.67 bits per heavy atom. The first kappa shape index (κ1) is 18.3. The van der Waals surface area contributed by atoms with E-state index in [2.05, 4.69) is 20.9 Å². The summed E-state index contributed by atoms with van der Waals surface area (Å²) in [4.78, 5) is 15.1. The van der Waals surface area contributed by atoms with Crippen molar-refractivity contribution in [2.24, 2.45) is 0 Å². The summed E-state index contributed by atoms with van der Waals surface area (Å²) in [5, 5.41) is 19.0. The van der Waals surface area contributed by atoms with E-state index in [-0.39, 0.29) is 6.61 Å². The van der Waals surface area contributed by atoms with Crippen molar-refractivity contribution in [2.75, 3.05) is 18.0 Å². The smallest absolute Gasteiger partial charge is 0.142 e. The number of fused-ring (bicyclic) bond motifs is 1. The van der Waals surface area contributed by atoms with Crippen LogP contribution in [0.4, 0.5) is 5.69 Å². The van der Waals surface area contributed by atoms with Crippen LogP contribution in [-0.4, -0.2) is 33.1 Å². The normalized spacial score (nSPS) is 13.7. The number of anilines is 1. The third-order valence-electron chi connectivity index (χ3n) is 5.66. The van der Waals surface area contributed by atoms with Crippen LogP contribution in [0.25, 0.3) is 33.5 Å². The lowest BCUT2D eigenvalue weighted by molar-refractivity contribution is 0.283. The molecule has 2 aromatic heterocycles. The molecule has 2 aromatic carbocycles. The Bertz CT molecular complexity index is 1260. The lowest BCUT2D eigenvalue weighted by Crippen LogP contribution is -2.20. The average molecular weight is 395 g/mol. The molecular weight excluding hydrogens is 374 g/mol. The van der Waals surface area contributed by atoms with Gasteiger partial charge < -0.3 is 15.0 Å². The summed E-state index contributed by atoms with van der Waals surface area (Å²) in [7, 11) is 0. The van der Waals surface area contributed by atoms with Gasteiger partial charge in [-0.3, -0.25) is 4.98 Å². The number of H-pyrrole nitrogens is 1. The van der Waals surface area contributed by atoms with Gasteiger partial charge in [-0.1, -0.05) is 24.3 Å². The maximum atomic E-state index is 9.68. The van der Waals surface area contributed by atoms with Crippen LogP contribution in [0.2, 0.25) is 0 Å². The Morgan fingerprint density at radius 1 is 1.07 bits per heavy atom. The van der Waals surface area contributed by atoms with Crippen molar-refractivity contribution in [1.29, 1.82) is 5.26 Å². The number of para-hydroxylation sites is 1. The van der Waals surface area contributed by atoms with Crippen LogP contribution in [0.3, 0.4) is 0 Å². The van der Waals surface area contributed by atoms with E-state index >= 15 is 0 Å². The van der Waals surface area contributed by atoms with Crippen molar-refractivity contribution < 1.29 is 5.11 Å². The Kier molecular flexibility index (Phi) is 4.66. The Labute approximate surface area is 174 Å². The number of nitrogens with zero attached hydrogens (tertiary/aromatic N) is 4. The van der Waals surface area contributed by atoms with Gasteiger partial charge in [-0.05, 0) is 36.6 Å². The number of hydrogen-bond donors (Lipinski definition) is 2. The molecular formula is C24H21N5O. The summed E-state index contributed by atoms with van der Waals surface area (Å²) < 4.78 is 0. The van der Waals surface area contributed by atoms with E-state index in [9.17, 15) is 10.4 Å². The zero-order chi connectivity index (χ0) is 20.5. The van der Waals surface area contributed by atoms with E-state index < -0.39 is 0 Å². The van der Waals surface area contributed by atoms with E-state index in [1.807, 2.05) is 54.9 Å². The van der Waals surface area contributed by atoms with Gasteiger partial charge in [0.25, 0.3) is 0 Å². The molecule has 0 amide bonds. The maximum Gasteiger partial charge on any atom is 0.142 e. The van der Waals surface area contributed by atoms with Crippen molar-refractivity contribution >= 4 is 16.7 Å². The second-order valence-corrected chi connectivity index (χ2v) is 7.53. The van der Waals surface area contributed by atoms with Gasteiger partial charge in [-0.2, -0.15) is 5.26 Å². The van der Waals surface area contributed by atoms with Gasteiger partial charge in [0.05, 0.1) is 40.5 Å². The number of hydrogen-bond acceptors (Lipinski definition) is 5. The van der Waals surface area contributed by atoms with Gasteiger partial charge in [-0.15, -0.1) is 0 Å². The molecule has 0 radical (unpaired) electrons. The molecule has 2 N–H and O–H groups in total. The molecule has 0 atom stereocenters. The van der Waals surface area contributed by atoms with Gasteiger partial charge >= 0.3 is 0 Å². The predicted octanol–water partition coefficient (Wildman–Crippen LogP) is 4.26. The fourth-order valence-corrected chi connectivity index (χ4v) is 4.22. The predicted molar refractivity (Wildman–Crippen MR) is 117 cm³/mol. The molecule has 6 heteroatoms. The van der Waals surface area contributed by atoms with E-state index in [1.54, 1.807) is 0 Å². The third-order valence-corrected chi connectivity index (χ3v) is 5.66. The summed E-state index contributed by atoms with van der Waals surface area (Å²) in [5.41, 5.74) is 7.07. The first-order valence-electron chi connectivity index (χ1n) is 10.1. The van der Waals surface area contributed by atoms with Crippen LogP contribution < -0.4 is 4.90 Å². The lowest BCUT2D eigenvalue weighted by atomic mass is 10.00. The van der Waals surface area contributed by atoms with Crippen LogP contribution in [0.5, 0.6) is 0 Å². The molecule has 1 aliphatic heterocycles. The molecule has 1 saturated heterocycles. The van der Waals surface area contributed by atoms with Crippen molar-refractivity contribution in [3.63, 3.8) is 0 Å². The minimum absolute atomic E-state index is 0.0557. The quantitative estimate of drug-likeness (QED) is 0.539. The first-order valence-corrected chi connectivity index (χ1v) is 10.1. The number of imidazole rings is 1. The molecule has 0 bridgehead atoms. The Balaban J connectivity index is 1.74.